The summed E-state index contributed by atoms with van der Waals surface area (Å²) < 4.78 is 40.9. The summed E-state index contributed by atoms with van der Waals surface area (Å²) in [6, 6.07) is 5.15. The SMILES string of the molecule is CC(=O)N[C@@H](C)C(=O)N1CCN(c2cccc(OC(F)(F)F)c2)CC1. The lowest BCUT2D eigenvalue weighted by Gasteiger charge is -2.37. The highest BCUT2D eigenvalue weighted by molar-refractivity contribution is 5.86. The van der Waals surface area contributed by atoms with Crippen LogP contribution in [0.1, 0.15) is 13.8 Å². The van der Waals surface area contributed by atoms with E-state index < -0.39 is 12.4 Å². The van der Waals surface area contributed by atoms with Crippen molar-refractivity contribution in [3.05, 3.63) is 24.3 Å². The van der Waals surface area contributed by atoms with E-state index in [-0.39, 0.29) is 17.6 Å². The molecule has 1 N–H and O–H groups in total. The van der Waals surface area contributed by atoms with Crippen LogP contribution in [0.2, 0.25) is 0 Å². The number of hydrogen-bond donors (Lipinski definition) is 1. The van der Waals surface area contributed by atoms with Gasteiger partial charge >= 0.3 is 6.36 Å². The van der Waals surface area contributed by atoms with Gasteiger partial charge in [0.15, 0.2) is 0 Å². The van der Waals surface area contributed by atoms with Crippen molar-refractivity contribution in [2.45, 2.75) is 26.3 Å². The maximum atomic E-state index is 12.3. The molecule has 138 valence electrons. The van der Waals surface area contributed by atoms with Crippen LogP contribution >= 0.6 is 0 Å². The molecule has 0 aliphatic carbocycles. The van der Waals surface area contributed by atoms with Crippen LogP contribution in [-0.2, 0) is 9.59 Å². The molecule has 1 aromatic rings. The Balaban J connectivity index is 1.95. The van der Waals surface area contributed by atoms with Crippen molar-refractivity contribution in [3.8, 4) is 5.75 Å². The Bertz CT molecular complexity index is 629. The molecule has 1 atom stereocenters. The molecule has 1 aromatic carbocycles. The second kappa shape index (κ2) is 7.62. The van der Waals surface area contributed by atoms with Gasteiger partial charge in [-0.2, -0.15) is 0 Å². The number of nitrogens with one attached hydrogen (secondary N) is 1. The molecule has 6 nitrogen and oxygen atoms in total. The van der Waals surface area contributed by atoms with E-state index in [0.29, 0.717) is 31.9 Å². The van der Waals surface area contributed by atoms with Crippen LogP contribution in [0.4, 0.5) is 18.9 Å². The van der Waals surface area contributed by atoms with Crippen molar-refractivity contribution in [1.82, 2.24) is 10.2 Å². The van der Waals surface area contributed by atoms with Gasteiger partial charge in [0.05, 0.1) is 0 Å². The summed E-state index contributed by atoms with van der Waals surface area (Å²) in [6.45, 7) is 4.77. The van der Waals surface area contributed by atoms with Gasteiger partial charge in [0.25, 0.3) is 0 Å². The third-order valence-electron chi connectivity index (χ3n) is 3.80. The Morgan fingerprint density at radius 2 is 1.84 bits per heavy atom. The molecule has 0 aromatic heterocycles. The summed E-state index contributed by atoms with van der Waals surface area (Å²) >= 11 is 0. The number of carbonyl (C=O) groups is 2. The average Bonchev–Trinajstić information content (AvgIpc) is 2.52. The topological polar surface area (TPSA) is 61.9 Å². The minimum absolute atomic E-state index is 0.177. The molecule has 0 saturated carbocycles. The Hall–Kier alpha value is -2.45. The highest BCUT2D eigenvalue weighted by Crippen LogP contribution is 2.27. The van der Waals surface area contributed by atoms with Gasteiger partial charge in [-0.25, -0.2) is 0 Å². The largest absolute Gasteiger partial charge is 0.573 e. The van der Waals surface area contributed by atoms with Crippen molar-refractivity contribution in [1.29, 1.82) is 0 Å². The number of piperazine rings is 1. The first-order valence-electron chi connectivity index (χ1n) is 7.82. The van der Waals surface area contributed by atoms with Crippen molar-refractivity contribution in [2.24, 2.45) is 0 Å². The molecule has 1 fully saturated rings. The molecule has 1 saturated heterocycles. The van der Waals surface area contributed by atoms with Crippen LogP contribution in [0.25, 0.3) is 0 Å². The zero-order chi connectivity index (χ0) is 18.6. The Kier molecular flexibility index (Phi) is 5.76. The van der Waals surface area contributed by atoms with E-state index in [9.17, 15) is 22.8 Å². The lowest BCUT2D eigenvalue weighted by atomic mass is 10.2. The molecule has 2 amide bonds. The van der Waals surface area contributed by atoms with Gasteiger partial charge in [-0.1, -0.05) is 6.07 Å². The van der Waals surface area contributed by atoms with E-state index in [4.69, 9.17) is 0 Å². The third-order valence-corrected chi connectivity index (χ3v) is 3.80. The molecule has 9 heteroatoms. The van der Waals surface area contributed by atoms with E-state index in [1.54, 1.807) is 17.9 Å². The first-order valence-corrected chi connectivity index (χ1v) is 7.82. The van der Waals surface area contributed by atoms with Gasteiger partial charge in [-0.3, -0.25) is 9.59 Å². The molecule has 0 bridgehead atoms. The number of alkyl halides is 3. The molecule has 25 heavy (non-hydrogen) atoms. The van der Waals surface area contributed by atoms with Gasteiger partial charge in [0.2, 0.25) is 11.8 Å². The molecule has 1 aliphatic heterocycles. The molecule has 2 rings (SSSR count). The van der Waals surface area contributed by atoms with Gasteiger partial charge in [0, 0.05) is 44.9 Å². The summed E-state index contributed by atoms with van der Waals surface area (Å²) in [5.41, 5.74) is 0.601. The second-order valence-corrected chi connectivity index (χ2v) is 5.78. The minimum atomic E-state index is -4.73. The highest BCUT2D eigenvalue weighted by Gasteiger charge is 2.31. The predicted molar refractivity (Wildman–Crippen MR) is 85.2 cm³/mol. The van der Waals surface area contributed by atoms with Crippen molar-refractivity contribution in [3.63, 3.8) is 0 Å². The summed E-state index contributed by atoms with van der Waals surface area (Å²) in [7, 11) is 0. The molecular weight excluding hydrogens is 339 g/mol. The average molecular weight is 359 g/mol. The molecule has 0 radical (unpaired) electrons. The fourth-order valence-corrected chi connectivity index (χ4v) is 2.70. The number of hydrogen-bond acceptors (Lipinski definition) is 4. The van der Waals surface area contributed by atoms with E-state index in [2.05, 4.69) is 10.1 Å². The number of ether oxygens (including phenoxy) is 1. The fourth-order valence-electron chi connectivity index (χ4n) is 2.70. The first kappa shape index (κ1) is 18.9. The first-order chi connectivity index (χ1) is 11.7. The van der Waals surface area contributed by atoms with Crippen LogP contribution in [0.3, 0.4) is 0 Å². The monoisotopic (exact) mass is 359 g/mol. The van der Waals surface area contributed by atoms with E-state index in [1.165, 1.54) is 25.1 Å². The number of anilines is 1. The van der Waals surface area contributed by atoms with Gasteiger partial charge in [-0.05, 0) is 19.1 Å². The number of halogens is 3. The maximum absolute atomic E-state index is 12.3. The third kappa shape index (κ3) is 5.54. The number of benzene rings is 1. The molecule has 0 unspecified atom stereocenters. The van der Waals surface area contributed by atoms with Crippen LogP contribution < -0.4 is 15.0 Å². The van der Waals surface area contributed by atoms with Gasteiger partial charge < -0.3 is 19.9 Å². The Morgan fingerprint density at radius 1 is 1.20 bits per heavy atom. The lowest BCUT2D eigenvalue weighted by molar-refractivity contribution is -0.274. The van der Waals surface area contributed by atoms with Crippen LogP contribution in [0.5, 0.6) is 5.75 Å². The summed E-state index contributed by atoms with van der Waals surface area (Å²) in [5.74, 6) is -0.729. The van der Waals surface area contributed by atoms with Crippen LogP contribution in [0.15, 0.2) is 24.3 Å². The quantitative estimate of drug-likeness (QED) is 0.890. The molecular formula is C16H20F3N3O3. The smallest absolute Gasteiger partial charge is 0.406 e. The number of carbonyl (C=O) groups excluding carboxylic acids is 2. The van der Waals surface area contributed by atoms with Crippen LogP contribution in [0, 0.1) is 0 Å². The van der Waals surface area contributed by atoms with E-state index in [0.717, 1.165) is 0 Å². The molecule has 1 aliphatic rings. The summed E-state index contributed by atoms with van der Waals surface area (Å²) in [5, 5.41) is 2.55. The summed E-state index contributed by atoms with van der Waals surface area (Å²) in [6.07, 6.45) is -4.73. The lowest BCUT2D eigenvalue weighted by Crippen LogP contribution is -2.54. The van der Waals surface area contributed by atoms with Crippen molar-refractivity contribution < 1.29 is 27.5 Å². The van der Waals surface area contributed by atoms with Gasteiger partial charge in [-0.15, -0.1) is 13.2 Å². The zero-order valence-electron chi connectivity index (χ0n) is 14.0. The number of nitrogens with zero attached hydrogens (tertiary/aromatic N) is 2. The normalized spacial score (nSPS) is 16.4. The van der Waals surface area contributed by atoms with E-state index in [1.807, 2.05) is 4.90 Å². The summed E-state index contributed by atoms with van der Waals surface area (Å²) in [4.78, 5) is 26.8. The molecule has 1 heterocycles. The predicted octanol–water partition coefficient (Wildman–Crippen LogP) is 1.76. The zero-order valence-corrected chi connectivity index (χ0v) is 14.0. The van der Waals surface area contributed by atoms with Crippen LogP contribution in [-0.4, -0.2) is 55.3 Å². The minimum Gasteiger partial charge on any atom is -0.406 e. The standard InChI is InChI=1S/C16H20F3N3O3/c1-11(20-12(2)23)15(24)22-8-6-21(7-9-22)13-4-3-5-14(10-13)25-16(17,18)19/h3-5,10-11H,6-9H2,1-2H3,(H,20,23)/t11-/m0/s1. The van der Waals surface area contributed by atoms with E-state index >= 15 is 0 Å². The van der Waals surface area contributed by atoms with Crippen molar-refractivity contribution >= 4 is 17.5 Å². The molecule has 0 spiro atoms. The fraction of sp³-hybridized carbons (Fsp3) is 0.500. The maximum Gasteiger partial charge on any atom is 0.573 e. The van der Waals surface area contributed by atoms with Gasteiger partial charge in [0.1, 0.15) is 11.8 Å². The Labute approximate surface area is 143 Å². The number of rotatable bonds is 4. The Morgan fingerprint density at radius 3 is 2.40 bits per heavy atom. The highest BCUT2D eigenvalue weighted by atomic mass is 19.4. The second-order valence-electron chi connectivity index (χ2n) is 5.78. The number of amides is 2. The van der Waals surface area contributed by atoms with Crippen molar-refractivity contribution in [2.75, 3.05) is 31.1 Å².